The van der Waals surface area contributed by atoms with Gasteiger partial charge >= 0.3 is 0 Å². The lowest BCUT2D eigenvalue weighted by Gasteiger charge is -2.61. The van der Waals surface area contributed by atoms with Crippen LogP contribution in [0.1, 0.15) is 130 Å². The second-order valence-electron chi connectivity index (χ2n) is 13.6. The van der Waals surface area contributed by atoms with Gasteiger partial charge in [-0.3, -0.25) is 0 Å². The van der Waals surface area contributed by atoms with E-state index in [0.717, 1.165) is 54.3 Å². The molecule has 1 heteroatoms. The first-order valence-electron chi connectivity index (χ1n) is 14.6. The Bertz CT molecular complexity index is 606. The summed E-state index contributed by atoms with van der Waals surface area (Å²) < 4.78 is 0. The van der Waals surface area contributed by atoms with Gasteiger partial charge in [-0.25, -0.2) is 0 Å². The van der Waals surface area contributed by atoms with Gasteiger partial charge in [-0.2, -0.15) is 0 Å². The molecule has 5 aliphatic rings. The fraction of sp³-hybridized carbons (Fsp3) is 1.00. The third-order valence-electron chi connectivity index (χ3n) is 12.5. The number of hydrogen-bond donors (Lipinski definition) is 1. The van der Waals surface area contributed by atoms with Crippen LogP contribution in [-0.2, 0) is 0 Å². The molecule has 1 N–H and O–H groups in total. The minimum Gasteiger partial charge on any atom is -0.393 e. The molecule has 0 aromatic carbocycles. The lowest BCUT2D eigenvalue weighted by molar-refractivity contribution is -0.127. The minimum atomic E-state index is -0.00337. The van der Waals surface area contributed by atoms with Crippen molar-refractivity contribution in [1.29, 1.82) is 0 Å². The fourth-order valence-electron chi connectivity index (χ4n) is 10.4. The van der Waals surface area contributed by atoms with Gasteiger partial charge in [0, 0.05) is 0 Å². The third-order valence-corrected chi connectivity index (χ3v) is 12.5. The molecule has 8 atom stereocenters. The summed E-state index contributed by atoms with van der Waals surface area (Å²) in [4.78, 5) is 0. The molecule has 5 saturated carbocycles. The normalized spacial score (nSPS) is 52.3. The molecule has 0 saturated heterocycles. The Balaban J connectivity index is 1.18. The molecule has 5 aliphatic carbocycles. The van der Waals surface area contributed by atoms with Gasteiger partial charge in [-0.15, -0.1) is 0 Å². The highest BCUT2D eigenvalue weighted by molar-refractivity contribution is 5.09. The topological polar surface area (TPSA) is 20.2 Å². The molecule has 0 aromatic rings. The first-order valence-corrected chi connectivity index (χ1v) is 14.6. The zero-order valence-corrected chi connectivity index (χ0v) is 21.1. The van der Waals surface area contributed by atoms with Crippen molar-refractivity contribution in [3.63, 3.8) is 0 Å². The van der Waals surface area contributed by atoms with Crippen LogP contribution in [0.25, 0.3) is 0 Å². The van der Waals surface area contributed by atoms with Gasteiger partial charge in [0.25, 0.3) is 0 Å². The Morgan fingerprint density at radius 2 is 1.42 bits per heavy atom. The van der Waals surface area contributed by atoms with Gasteiger partial charge < -0.3 is 5.11 Å². The maximum Gasteiger partial charge on any atom is 0.0543 e. The number of rotatable bonds is 5. The molecular weight excluding hydrogens is 376 g/mol. The number of aliphatic hydroxyl groups is 1. The highest BCUT2D eigenvalue weighted by atomic mass is 16.3. The van der Waals surface area contributed by atoms with Crippen LogP contribution in [0.4, 0.5) is 0 Å². The van der Waals surface area contributed by atoms with Crippen LogP contribution >= 0.6 is 0 Å². The van der Waals surface area contributed by atoms with Gasteiger partial charge in [0.2, 0.25) is 0 Å². The highest BCUT2D eigenvalue weighted by Gasteiger charge is 2.59. The van der Waals surface area contributed by atoms with Crippen molar-refractivity contribution in [3.05, 3.63) is 0 Å². The maximum absolute atomic E-state index is 10.3. The second kappa shape index (κ2) is 8.96. The Morgan fingerprint density at radius 3 is 2.19 bits per heavy atom. The van der Waals surface area contributed by atoms with Crippen LogP contribution in [0.5, 0.6) is 0 Å². The lowest BCUT2D eigenvalue weighted by atomic mass is 9.44. The standard InChI is InChI=1S/C30H52O/c1-4-21-8-10-22(11-9-21)6-5-7-23-13-15-27-26-14-12-24-20-25(31)16-18-30(24,3)28(26)17-19-29(23,27)2/h21-28,31H,4-20H2,1-3H3. The van der Waals surface area contributed by atoms with Crippen molar-refractivity contribution in [2.24, 2.45) is 52.3 Å². The first kappa shape index (κ1) is 22.7. The van der Waals surface area contributed by atoms with Gasteiger partial charge in [-0.05, 0) is 116 Å². The van der Waals surface area contributed by atoms with Gasteiger partial charge in [0.1, 0.15) is 0 Å². The molecule has 5 rings (SSSR count). The predicted molar refractivity (Wildman–Crippen MR) is 131 cm³/mol. The van der Waals surface area contributed by atoms with E-state index in [9.17, 15) is 5.11 Å². The number of fused-ring (bicyclic) bond motifs is 5. The molecule has 5 fully saturated rings. The molecule has 31 heavy (non-hydrogen) atoms. The Labute approximate surface area is 193 Å². The summed E-state index contributed by atoms with van der Waals surface area (Å²) in [6, 6.07) is 0. The van der Waals surface area contributed by atoms with E-state index in [2.05, 4.69) is 20.8 Å². The van der Waals surface area contributed by atoms with E-state index in [1.54, 1.807) is 0 Å². The van der Waals surface area contributed by atoms with Crippen molar-refractivity contribution in [1.82, 2.24) is 0 Å². The molecule has 0 aromatic heterocycles. The Hall–Kier alpha value is -0.0400. The summed E-state index contributed by atoms with van der Waals surface area (Å²) >= 11 is 0. The monoisotopic (exact) mass is 428 g/mol. The van der Waals surface area contributed by atoms with Crippen LogP contribution < -0.4 is 0 Å². The average molecular weight is 429 g/mol. The molecule has 8 unspecified atom stereocenters. The Morgan fingerprint density at radius 1 is 0.710 bits per heavy atom. The minimum absolute atomic E-state index is 0.00337. The molecule has 0 heterocycles. The molecule has 178 valence electrons. The summed E-state index contributed by atoms with van der Waals surface area (Å²) in [5, 5.41) is 10.3. The highest BCUT2D eigenvalue weighted by Crippen LogP contribution is 2.67. The molecule has 0 bridgehead atoms. The molecule has 0 spiro atoms. The Kier molecular flexibility index (Phi) is 6.57. The summed E-state index contributed by atoms with van der Waals surface area (Å²) in [5.41, 5.74) is 1.19. The average Bonchev–Trinajstić information content (AvgIpc) is 3.11. The number of aliphatic hydroxyl groups excluding tert-OH is 1. The van der Waals surface area contributed by atoms with E-state index >= 15 is 0 Å². The summed E-state index contributed by atoms with van der Waals surface area (Å²) in [7, 11) is 0. The van der Waals surface area contributed by atoms with Gasteiger partial charge in [0.15, 0.2) is 0 Å². The zero-order valence-electron chi connectivity index (χ0n) is 21.1. The van der Waals surface area contributed by atoms with Crippen LogP contribution in [0.2, 0.25) is 0 Å². The van der Waals surface area contributed by atoms with E-state index in [-0.39, 0.29) is 6.10 Å². The zero-order chi connectivity index (χ0) is 21.6. The van der Waals surface area contributed by atoms with E-state index in [0.29, 0.717) is 10.8 Å². The predicted octanol–water partition coefficient (Wildman–Crippen LogP) is 8.39. The van der Waals surface area contributed by atoms with E-state index in [1.165, 1.54) is 96.3 Å². The van der Waals surface area contributed by atoms with Crippen LogP contribution in [0.15, 0.2) is 0 Å². The second-order valence-corrected chi connectivity index (χ2v) is 13.6. The molecule has 0 radical (unpaired) electrons. The molecule has 0 aliphatic heterocycles. The van der Waals surface area contributed by atoms with Gasteiger partial charge in [0.05, 0.1) is 6.10 Å². The molecule has 1 nitrogen and oxygen atoms in total. The SMILES string of the molecule is CCC1CCC(CCCC2CCC3C4CCC5CC(O)CCC5(C)C4CCC23C)CC1. The first-order chi connectivity index (χ1) is 14.9. The van der Waals surface area contributed by atoms with Crippen LogP contribution in [0, 0.1) is 52.3 Å². The van der Waals surface area contributed by atoms with E-state index in [1.807, 2.05) is 0 Å². The summed E-state index contributed by atoms with van der Waals surface area (Å²) in [6.45, 7) is 7.77. The summed E-state index contributed by atoms with van der Waals surface area (Å²) in [5.74, 6) is 6.91. The third kappa shape index (κ3) is 4.06. The van der Waals surface area contributed by atoms with E-state index < -0.39 is 0 Å². The summed E-state index contributed by atoms with van der Waals surface area (Å²) in [6.07, 6.45) is 24.5. The smallest absolute Gasteiger partial charge is 0.0543 e. The maximum atomic E-state index is 10.3. The van der Waals surface area contributed by atoms with Crippen molar-refractivity contribution < 1.29 is 5.11 Å². The molecule has 0 amide bonds. The van der Waals surface area contributed by atoms with Crippen molar-refractivity contribution >= 4 is 0 Å². The van der Waals surface area contributed by atoms with Crippen LogP contribution in [-0.4, -0.2) is 11.2 Å². The van der Waals surface area contributed by atoms with E-state index in [4.69, 9.17) is 0 Å². The van der Waals surface area contributed by atoms with Gasteiger partial charge in [-0.1, -0.05) is 65.7 Å². The molecular formula is C30H52O. The van der Waals surface area contributed by atoms with Crippen molar-refractivity contribution in [2.45, 2.75) is 136 Å². The fourth-order valence-corrected chi connectivity index (χ4v) is 10.4. The van der Waals surface area contributed by atoms with Crippen molar-refractivity contribution in [2.75, 3.05) is 0 Å². The van der Waals surface area contributed by atoms with Crippen LogP contribution in [0.3, 0.4) is 0 Å². The van der Waals surface area contributed by atoms with Crippen molar-refractivity contribution in [3.8, 4) is 0 Å². The number of hydrogen-bond acceptors (Lipinski definition) is 1. The largest absolute Gasteiger partial charge is 0.393 e. The quantitative estimate of drug-likeness (QED) is 0.466. The lowest BCUT2D eigenvalue weighted by Crippen LogP contribution is -2.53.